The van der Waals surface area contributed by atoms with Crippen LogP contribution in [0.15, 0.2) is 14.4 Å². The average molecular weight is 185 g/mol. The molecule has 1 atom stereocenters. The van der Waals surface area contributed by atoms with Crippen molar-refractivity contribution >= 4 is 0 Å². The minimum absolute atomic E-state index is 0.215. The van der Waals surface area contributed by atoms with E-state index in [2.05, 4.69) is 0 Å². The molecular formula is C7H11N3O3. The molecule has 1 heterocycles. The Morgan fingerprint density at radius 3 is 2.08 bits per heavy atom. The highest BCUT2D eigenvalue weighted by molar-refractivity contribution is 4.73. The molecule has 0 unspecified atom stereocenters. The van der Waals surface area contributed by atoms with Gasteiger partial charge in [0.15, 0.2) is 0 Å². The summed E-state index contributed by atoms with van der Waals surface area (Å²) in [4.78, 5) is 36.9. The highest BCUT2D eigenvalue weighted by atomic mass is 16.2. The van der Waals surface area contributed by atoms with Gasteiger partial charge in [-0.25, -0.2) is 19.0 Å². The molecule has 0 spiro atoms. The lowest BCUT2D eigenvalue weighted by Gasteiger charge is -2.08. The molecule has 0 saturated heterocycles. The van der Waals surface area contributed by atoms with E-state index in [1.807, 2.05) is 16.9 Å². The SMILES string of the molecule is CC[C@@H](C)n1c(=O)[nH]c(=O)[nH]c1=O. The molecule has 1 aromatic rings. The van der Waals surface area contributed by atoms with Gasteiger partial charge < -0.3 is 0 Å². The smallest absolute Gasteiger partial charge is 0.259 e. The summed E-state index contributed by atoms with van der Waals surface area (Å²) in [5.74, 6) is 0. The summed E-state index contributed by atoms with van der Waals surface area (Å²) in [6.07, 6.45) is 0.648. The van der Waals surface area contributed by atoms with Crippen LogP contribution in [0.1, 0.15) is 26.3 Å². The lowest BCUT2D eigenvalue weighted by Crippen LogP contribution is -2.44. The molecule has 1 aromatic heterocycles. The first kappa shape index (κ1) is 9.50. The van der Waals surface area contributed by atoms with Crippen molar-refractivity contribution in [3.05, 3.63) is 31.5 Å². The number of H-pyrrole nitrogens is 2. The highest BCUT2D eigenvalue weighted by Crippen LogP contribution is 2.00. The second-order valence-electron chi connectivity index (χ2n) is 2.82. The molecule has 0 aromatic carbocycles. The summed E-state index contributed by atoms with van der Waals surface area (Å²) in [6, 6.07) is -0.215. The number of nitrogens with one attached hydrogen (secondary N) is 2. The van der Waals surface area contributed by atoms with Crippen LogP contribution >= 0.6 is 0 Å². The van der Waals surface area contributed by atoms with E-state index in [1.54, 1.807) is 6.92 Å². The second kappa shape index (κ2) is 3.42. The predicted octanol–water partition coefficient (Wildman–Crippen LogP) is -0.804. The molecule has 0 aliphatic heterocycles. The van der Waals surface area contributed by atoms with Gasteiger partial charge in [0, 0.05) is 6.04 Å². The summed E-state index contributed by atoms with van der Waals surface area (Å²) < 4.78 is 0.987. The number of aromatic amines is 2. The van der Waals surface area contributed by atoms with Crippen molar-refractivity contribution in [2.75, 3.05) is 0 Å². The fourth-order valence-corrected chi connectivity index (χ4v) is 1.02. The molecule has 6 heteroatoms. The molecule has 0 fully saturated rings. The minimum Gasteiger partial charge on any atom is -0.259 e. The van der Waals surface area contributed by atoms with Gasteiger partial charge in [0.25, 0.3) is 0 Å². The van der Waals surface area contributed by atoms with Gasteiger partial charge in [0.05, 0.1) is 0 Å². The van der Waals surface area contributed by atoms with Crippen molar-refractivity contribution in [2.24, 2.45) is 0 Å². The molecular weight excluding hydrogens is 174 g/mol. The normalized spacial score (nSPS) is 12.8. The third-order valence-corrected chi connectivity index (χ3v) is 1.91. The van der Waals surface area contributed by atoms with Gasteiger partial charge in [-0.2, -0.15) is 0 Å². The van der Waals surface area contributed by atoms with Crippen LogP contribution in [-0.4, -0.2) is 14.5 Å². The zero-order chi connectivity index (χ0) is 10.0. The van der Waals surface area contributed by atoms with E-state index in [4.69, 9.17) is 0 Å². The molecule has 0 aliphatic carbocycles. The van der Waals surface area contributed by atoms with Crippen molar-refractivity contribution in [3.8, 4) is 0 Å². The summed E-state index contributed by atoms with van der Waals surface area (Å²) in [5.41, 5.74) is -2.10. The third-order valence-electron chi connectivity index (χ3n) is 1.91. The standard InChI is InChI=1S/C7H11N3O3/c1-3-4(2)10-6(12)8-5(11)9-7(10)13/h4H,3H2,1-2H3,(H2,8,9,11,12,13)/t4-/m1/s1. The Labute approximate surface area is 73.2 Å². The van der Waals surface area contributed by atoms with Crippen molar-refractivity contribution in [3.63, 3.8) is 0 Å². The largest absolute Gasteiger partial charge is 0.333 e. The van der Waals surface area contributed by atoms with Crippen LogP contribution in [0.2, 0.25) is 0 Å². The first-order chi connectivity index (χ1) is 6.06. The van der Waals surface area contributed by atoms with E-state index in [1.165, 1.54) is 0 Å². The number of aromatic nitrogens is 3. The minimum atomic E-state index is -0.769. The van der Waals surface area contributed by atoms with Crippen molar-refractivity contribution in [1.29, 1.82) is 0 Å². The Morgan fingerprint density at radius 2 is 1.69 bits per heavy atom. The van der Waals surface area contributed by atoms with Crippen molar-refractivity contribution < 1.29 is 0 Å². The van der Waals surface area contributed by atoms with Gasteiger partial charge in [0.1, 0.15) is 0 Å². The molecule has 72 valence electrons. The van der Waals surface area contributed by atoms with Crippen LogP contribution in [-0.2, 0) is 0 Å². The second-order valence-corrected chi connectivity index (χ2v) is 2.82. The number of nitrogens with zero attached hydrogens (tertiary/aromatic N) is 1. The van der Waals surface area contributed by atoms with E-state index in [-0.39, 0.29) is 6.04 Å². The molecule has 0 radical (unpaired) electrons. The first-order valence-corrected chi connectivity index (χ1v) is 4.01. The molecule has 1 rings (SSSR count). The molecule has 2 N–H and O–H groups in total. The zero-order valence-corrected chi connectivity index (χ0v) is 7.46. The Balaban J connectivity index is 3.47. The lowest BCUT2D eigenvalue weighted by atomic mass is 10.3. The Hall–Kier alpha value is -1.59. The van der Waals surface area contributed by atoms with E-state index in [9.17, 15) is 14.4 Å². The monoisotopic (exact) mass is 185 g/mol. The molecule has 13 heavy (non-hydrogen) atoms. The van der Waals surface area contributed by atoms with Gasteiger partial charge in [0.2, 0.25) is 0 Å². The molecule has 0 amide bonds. The summed E-state index contributed by atoms with van der Waals surface area (Å²) in [6.45, 7) is 3.58. The average Bonchev–Trinajstić information content (AvgIpc) is 2.02. The van der Waals surface area contributed by atoms with Gasteiger partial charge >= 0.3 is 17.1 Å². The van der Waals surface area contributed by atoms with Crippen LogP contribution in [0.3, 0.4) is 0 Å². The van der Waals surface area contributed by atoms with Crippen LogP contribution in [0.5, 0.6) is 0 Å². The molecule has 0 bridgehead atoms. The Morgan fingerprint density at radius 1 is 1.23 bits per heavy atom. The topological polar surface area (TPSA) is 87.7 Å². The van der Waals surface area contributed by atoms with Crippen LogP contribution in [0, 0.1) is 0 Å². The van der Waals surface area contributed by atoms with Gasteiger partial charge in [-0.15, -0.1) is 0 Å². The van der Waals surface area contributed by atoms with E-state index < -0.39 is 17.1 Å². The Bertz CT molecular complexity index is 419. The lowest BCUT2D eigenvalue weighted by molar-refractivity contribution is 0.473. The molecule has 0 saturated carbocycles. The number of hydrogen-bond donors (Lipinski definition) is 2. The molecule has 0 aliphatic rings. The molecule has 6 nitrogen and oxygen atoms in total. The zero-order valence-electron chi connectivity index (χ0n) is 7.46. The quantitative estimate of drug-likeness (QED) is 0.632. The fourth-order valence-electron chi connectivity index (χ4n) is 1.02. The maximum atomic E-state index is 11.1. The maximum absolute atomic E-state index is 11.1. The maximum Gasteiger partial charge on any atom is 0.333 e. The van der Waals surface area contributed by atoms with Gasteiger partial charge in [-0.05, 0) is 13.3 Å². The van der Waals surface area contributed by atoms with Crippen LogP contribution < -0.4 is 17.1 Å². The van der Waals surface area contributed by atoms with Crippen LogP contribution in [0.25, 0.3) is 0 Å². The summed E-state index contributed by atoms with van der Waals surface area (Å²) >= 11 is 0. The predicted molar refractivity (Wildman–Crippen MR) is 46.9 cm³/mol. The van der Waals surface area contributed by atoms with Crippen molar-refractivity contribution in [2.45, 2.75) is 26.3 Å². The van der Waals surface area contributed by atoms with Gasteiger partial charge in [-0.1, -0.05) is 6.92 Å². The van der Waals surface area contributed by atoms with E-state index in [0.29, 0.717) is 6.42 Å². The summed E-state index contributed by atoms with van der Waals surface area (Å²) in [5, 5.41) is 0. The van der Waals surface area contributed by atoms with Crippen LogP contribution in [0.4, 0.5) is 0 Å². The fraction of sp³-hybridized carbons (Fsp3) is 0.571. The van der Waals surface area contributed by atoms with Crippen molar-refractivity contribution in [1.82, 2.24) is 14.5 Å². The van der Waals surface area contributed by atoms with E-state index >= 15 is 0 Å². The Kier molecular flexibility index (Phi) is 2.50. The summed E-state index contributed by atoms with van der Waals surface area (Å²) in [7, 11) is 0. The van der Waals surface area contributed by atoms with E-state index in [0.717, 1.165) is 4.57 Å². The highest BCUT2D eigenvalue weighted by Gasteiger charge is 2.08. The number of rotatable bonds is 2. The number of hydrogen-bond acceptors (Lipinski definition) is 3. The third kappa shape index (κ3) is 1.77. The van der Waals surface area contributed by atoms with Gasteiger partial charge in [-0.3, -0.25) is 9.97 Å². The first-order valence-electron chi connectivity index (χ1n) is 4.01.